The number of halogens is 2. The molecule has 66 valence electrons. The van der Waals surface area contributed by atoms with Gasteiger partial charge in [0.1, 0.15) is 10.4 Å². The third kappa shape index (κ3) is 1.78. The molecule has 0 saturated heterocycles. The molecule has 2 aromatic rings. The summed E-state index contributed by atoms with van der Waals surface area (Å²) in [6.07, 6.45) is 0. The van der Waals surface area contributed by atoms with Gasteiger partial charge in [0.15, 0.2) is 0 Å². The van der Waals surface area contributed by atoms with Gasteiger partial charge in [-0.25, -0.2) is 4.39 Å². The first-order valence-electron chi connectivity index (χ1n) is 3.64. The minimum Gasteiger partial charge on any atom is -0.206 e. The topological polar surface area (TPSA) is 12.9 Å². The monoisotopic (exact) mass is 257 g/mol. The van der Waals surface area contributed by atoms with Crippen LogP contribution in [-0.4, -0.2) is 4.37 Å². The number of aromatic nitrogens is 1. The molecule has 0 bridgehead atoms. The van der Waals surface area contributed by atoms with Crippen molar-refractivity contribution in [2.45, 2.75) is 0 Å². The van der Waals surface area contributed by atoms with Gasteiger partial charge in [0, 0.05) is 5.56 Å². The number of rotatable bonds is 1. The van der Waals surface area contributed by atoms with Crippen LogP contribution in [0.4, 0.5) is 4.39 Å². The Morgan fingerprint density at radius 3 is 2.69 bits per heavy atom. The van der Waals surface area contributed by atoms with E-state index in [4.69, 9.17) is 0 Å². The highest BCUT2D eigenvalue weighted by Crippen LogP contribution is 2.28. The maximum Gasteiger partial charge on any atom is 0.131 e. The van der Waals surface area contributed by atoms with E-state index < -0.39 is 0 Å². The average molecular weight is 258 g/mol. The van der Waals surface area contributed by atoms with Gasteiger partial charge < -0.3 is 0 Å². The summed E-state index contributed by atoms with van der Waals surface area (Å²) in [6.45, 7) is 0. The van der Waals surface area contributed by atoms with Gasteiger partial charge in [-0.2, -0.15) is 4.37 Å². The summed E-state index contributed by atoms with van der Waals surface area (Å²) in [4.78, 5) is 0.838. The summed E-state index contributed by atoms with van der Waals surface area (Å²) in [5.74, 6) is -0.210. The standard InChI is InChI=1S/C9H5BrFNS/c10-9-5-8(13-12-9)6-3-1-2-4-7(6)11/h1-5H. The Balaban J connectivity index is 2.52. The van der Waals surface area contributed by atoms with Crippen molar-refractivity contribution in [2.75, 3.05) is 0 Å². The van der Waals surface area contributed by atoms with Gasteiger partial charge in [-0.3, -0.25) is 0 Å². The quantitative estimate of drug-likeness (QED) is 0.759. The first-order chi connectivity index (χ1) is 6.27. The van der Waals surface area contributed by atoms with Crippen LogP contribution in [0.2, 0.25) is 0 Å². The number of benzene rings is 1. The molecule has 0 radical (unpaired) electrons. The van der Waals surface area contributed by atoms with E-state index in [-0.39, 0.29) is 5.82 Å². The molecule has 0 unspecified atom stereocenters. The van der Waals surface area contributed by atoms with Crippen LogP contribution in [0, 0.1) is 5.82 Å². The normalized spacial score (nSPS) is 10.3. The van der Waals surface area contributed by atoms with E-state index >= 15 is 0 Å². The van der Waals surface area contributed by atoms with Crippen LogP contribution in [0.5, 0.6) is 0 Å². The fourth-order valence-corrected chi connectivity index (χ4v) is 2.31. The summed E-state index contributed by atoms with van der Waals surface area (Å²) in [5, 5.41) is 0. The second-order valence-corrected chi connectivity index (χ2v) is 4.11. The molecule has 0 aliphatic carbocycles. The number of hydrogen-bond donors (Lipinski definition) is 0. The van der Waals surface area contributed by atoms with Crippen LogP contribution in [0.25, 0.3) is 10.4 Å². The minimum absolute atomic E-state index is 0.210. The molecule has 1 aromatic carbocycles. The molecule has 1 nitrogen and oxygen atoms in total. The Kier molecular flexibility index (Phi) is 2.42. The predicted molar refractivity (Wildman–Crippen MR) is 55.2 cm³/mol. The smallest absolute Gasteiger partial charge is 0.131 e. The van der Waals surface area contributed by atoms with Crippen LogP contribution >= 0.6 is 27.5 Å². The summed E-state index contributed by atoms with van der Waals surface area (Å²) in [7, 11) is 0. The summed E-state index contributed by atoms with van der Waals surface area (Å²) >= 11 is 4.51. The molecule has 0 N–H and O–H groups in total. The van der Waals surface area contributed by atoms with Crippen molar-refractivity contribution in [3.63, 3.8) is 0 Å². The lowest BCUT2D eigenvalue weighted by molar-refractivity contribution is 0.631. The molecule has 1 heterocycles. The predicted octanol–water partition coefficient (Wildman–Crippen LogP) is 3.71. The first-order valence-corrected chi connectivity index (χ1v) is 5.21. The van der Waals surface area contributed by atoms with Gasteiger partial charge >= 0.3 is 0 Å². The molecule has 0 aliphatic rings. The van der Waals surface area contributed by atoms with E-state index in [1.807, 2.05) is 12.1 Å². The van der Waals surface area contributed by atoms with Gasteiger partial charge in [-0.1, -0.05) is 18.2 Å². The van der Waals surface area contributed by atoms with E-state index in [9.17, 15) is 4.39 Å². The largest absolute Gasteiger partial charge is 0.206 e. The van der Waals surface area contributed by atoms with Gasteiger partial charge in [-0.15, -0.1) is 0 Å². The lowest BCUT2D eigenvalue weighted by Gasteiger charge is -1.96. The summed E-state index contributed by atoms with van der Waals surface area (Å²) < 4.78 is 18.0. The molecule has 2 rings (SSSR count). The van der Waals surface area contributed by atoms with Crippen molar-refractivity contribution < 1.29 is 4.39 Å². The maximum absolute atomic E-state index is 13.2. The van der Waals surface area contributed by atoms with E-state index in [1.165, 1.54) is 17.6 Å². The molecule has 0 atom stereocenters. The van der Waals surface area contributed by atoms with Gasteiger partial charge in [-0.05, 0) is 39.6 Å². The zero-order valence-electron chi connectivity index (χ0n) is 6.50. The van der Waals surface area contributed by atoms with Gasteiger partial charge in [0.25, 0.3) is 0 Å². The van der Waals surface area contributed by atoms with Crippen LogP contribution in [0.1, 0.15) is 0 Å². The molecular weight excluding hydrogens is 253 g/mol. The molecule has 1 aromatic heterocycles. The molecular formula is C9H5BrFNS. The second-order valence-electron chi connectivity index (χ2n) is 2.49. The zero-order valence-corrected chi connectivity index (χ0v) is 8.90. The van der Waals surface area contributed by atoms with E-state index in [0.717, 1.165) is 9.48 Å². The Labute approximate surface area is 87.5 Å². The third-order valence-corrected chi connectivity index (χ3v) is 3.08. The molecule has 0 spiro atoms. The Hall–Kier alpha value is -0.740. The fraction of sp³-hybridized carbons (Fsp3) is 0. The van der Waals surface area contributed by atoms with Crippen molar-refractivity contribution in [3.05, 3.63) is 40.8 Å². The highest BCUT2D eigenvalue weighted by molar-refractivity contribution is 9.10. The Morgan fingerprint density at radius 1 is 1.31 bits per heavy atom. The molecule has 0 saturated carbocycles. The molecule has 0 aliphatic heterocycles. The third-order valence-electron chi connectivity index (χ3n) is 1.62. The Bertz CT molecular complexity index is 427. The highest BCUT2D eigenvalue weighted by Gasteiger charge is 2.06. The Morgan fingerprint density at radius 2 is 2.08 bits per heavy atom. The molecule has 4 heteroatoms. The van der Waals surface area contributed by atoms with Crippen LogP contribution < -0.4 is 0 Å². The summed E-state index contributed by atoms with van der Waals surface area (Å²) in [6, 6.07) is 8.49. The number of hydrogen-bond acceptors (Lipinski definition) is 2. The first kappa shape index (κ1) is 8.84. The van der Waals surface area contributed by atoms with E-state index in [2.05, 4.69) is 20.3 Å². The van der Waals surface area contributed by atoms with Crippen LogP contribution in [0.3, 0.4) is 0 Å². The molecule has 0 fully saturated rings. The SMILES string of the molecule is Fc1ccccc1-c1cc(Br)ns1. The molecule has 13 heavy (non-hydrogen) atoms. The van der Waals surface area contributed by atoms with Crippen molar-refractivity contribution in [2.24, 2.45) is 0 Å². The van der Waals surface area contributed by atoms with Crippen molar-refractivity contribution in [3.8, 4) is 10.4 Å². The lowest BCUT2D eigenvalue weighted by Crippen LogP contribution is -1.78. The highest BCUT2D eigenvalue weighted by atomic mass is 79.9. The van der Waals surface area contributed by atoms with Crippen molar-refractivity contribution >= 4 is 27.5 Å². The average Bonchev–Trinajstić information content (AvgIpc) is 2.53. The molecule has 0 amide bonds. The zero-order chi connectivity index (χ0) is 9.26. The van der Waals surface area contributed by atoms with E-state index in [0.29, 0.717) is 5.56 Å². The fourth-order valence-electron chi connectivity index (χ4n) is 1.04. The van der Waals surface area contributed by atoms with Crippen molar-refractivity contribution in [1.82, 2.24) is 4.37 Å². The number of nitrogens with zero attached hydrogens (tertiary/aromatic N) is 1. The van der Waals surface area contributed by atoms with Crippen molar-refractivity contribution in [1.29, 1.82) is 0 Å². The van der Waals surface area contributed by atoms with Gasteiger partial charge in [0.05, 0.1) is 4.88 Å². The van der Waals surface area contributed by atoms with Gasteiger partial charge in [0.2, 0.25) is 0 Å². The second kappa shape index (κ2) is 3.55. The van der Waals surface area contributed by atoms with E-state index in [1.54, 1.807) is 12.1 Å². The minimum atomic E-state index is -0.210. The van der Waals surface area contributed by atoms with Crippen LogP contribution in [-0.2, 0) is 0 Å². The lowest BCUT2D eigenvalue weighted by atomic mass is 10.2. The summed E-state index contributed by atoms with van der Waals surface area (Å²) in [5.41, 5.74) is 0.602. The maximum atomic E-state index is 13.2. The van der Waals surface area contributed by atoms with Crippen LogP contribution in [0.15, 0.2) is 34.9 Å².